The number of pyridine rings is 2. The lowest BCUT2D eigenvalue weighted by atomic mass is 9.88. The third kappa shape index (κ3) is 5.78. The molecule has 4 heteroatoms. The molecule has 0 saturated heterocycles. The van der Waals surface area contributed by atoms with Gasteiger partial charge in [0, 0.05) is 44.8 Å². The summed E-state index contributed by atoms with van der Waals surface area (Å²) < 4.78 is 0. The summed E-state index contributed by atoms with van der Waals surface area (Å²) in [6, 6.07) is 55.1. The van der Waals surface area contributed by atoms with Crippen LogP contribution < -0.4 is 0 Å². The van der Waals surface area contributed by atoms with E-state index in [9.17, 15) is 0 Å². The third-order valence-electron chi connectivity index (χ3n) is 9.77. The lowest BCUT2D eigenvalue weighted by molar-refractivity contribution is 0.572. The van der Waals surface area contributed by atoms with Gasteiger partial charge >= 0.3 is 0 Å². The zero-order valence-corrected chi connectivity index (χ0v) is 29.4. The van der Waals surface area contributed by atoms with Crippen LogP contribution in [0.2, 0.25) is 0 Å². The van der Waals surface area contributed by atoms with Crippen molar-refractivity contribution in [3.63, 3.8) is 0 Å². The van der Waals surface area contributed by atoms with Gasteiger partial charge in [0.15, 0.2) is 0 Å². The molecule has 0 unspecified atom stereocenters. The molecule has 0 atom stereocenters. The molecule has 0 fully saturated rings. The number of hydrogen-bond acceptors (Lipinski definition) is 4. The molecule has 52 heavy (non-hydrogen) atoms. The summed E-state index contributed by atoms with van der Waals surface area (Å²) in [4.78, 5) is 20.5. The molecule has 3 aromatic heterocycles. The molecule has 4 nitrogen and oxygen atoms in total. The van der Waals surface area contributed by atoms with E-state index in [1.54, 1.807) is 0 Å². The maximum atomic E-state index is 5.22. The first-order chi connectivity index (χ1) is 25.4. The van der Waals surface area contributed by atoms with E-state index in [-0.39, 0.29) is 5.41 Å². The van der Waals surface area contributed by atoms with E-state index < -0.39 is 0 Å². The fraction of sp³-hybridized carbons (Fsp3) is 0.0833. The van der Waals surface area contributed by atoms with Crippen molar-refractivity contribution in [2.24, 2.45) is 0 Å². The highest BCUT2D eigenvalue weighted by molar-refractivity contribution is 6.09. The SMILES string of the molecule is CC(C)(C)c1cc(-c2ccccc2)c2ccc3cc(-c4cccc(-c5cccc(-c6nc7ccccc7nc6-c6ccccc6)c5)c4)cnc3c2n1. The molecule has 0 saturated carbocycles. The highest BCUT2D eigenvalue weighted by Gasteiger charge is 2.20. The van der Waals surface area contributed by atoms with Gasteiger partial charge in [0.2, 0.25) is 0 Å². The summed E-state index contributed by atoms with van der Waals surface area (Å²) in [7, 11) is 0. The van der Waals surface area contributed by atoms with Crippen molar-refractivity contribution in [1.82, 2.24) is 19.9 Å². The van der Waals surface area contributed by atoms with Gasteiger partial charge in [-0.15, -0.1) is 0 Å². The molecular formula is C48H36N4. The van der Waals surface area contributed by atoms with Gasteiger partial charge in [0.25, 0.3) is 0 Å². The molecule has 6 aromatic carbocycles. The van der Waals surface area contributed by atoms with E-state index in [0.717, 1.165) is 83.3 Å². The van der Waals surface area contributed by atoms with Crippen LogP contribution in [0.1, 0.15) is 26.5 Å². The molecule has 0 aliphatic rings. The van der Waals surface area contributed by atoms with Crippen molar-refractivity contribution in [2.75, 3.05) is 0 Å². The Morgan fingerprint density at radius 1 is 0.404 bits per heavy atom. The van der Waals surface area contributed by atoms with Gasteiger partial charge < -0.3 is 0 Å². The number of benzene rings is 6. The molecule has 0 spiro atoms. The fourth-order valence-corrected chi connectivity index (χ4v) is 7.01. The maximum Gasteiger partial charge on any atom is 0.0974 e. The third-order valence-corrected chi connectivity index (χ3v) is 9.77. The predicted molar refractivity (Wildman–Crippen MR) is 216 cm³/mol. The van der Waals surface area contributed by atoms with Crippen LogP contribution in [0.5, 0.6) is 0 Å². The first kappa shape index (κ1) is 31.5. The van der Waals surface area contributed by atoms with Crippen LogP contribution >= 0.6 is 0 Å². The molecule has 0 radical (unpaired) electrons. The highest BCUT2D eigenvalue weighted by Crippen LogP contribution is 2.38. The molecule has 0 bridgehead atoms. The normalized spacial score (nSPS) is 11.8. The molecular weight excluding hydrogens is 633 g/mol. The van der Waals surface area contributed by atoms with Gasteiger partial charge in [-0.3, -0.25) is 4.98 Å². The molecule has 9 aromatic rings. The summed E-state index contributed by atoms with van der Waals surface area (Å²) in [5, 5.41) is 2.18. The van der Waals surface area contributed by atoms with Crippen molar-refractivity contribution >= 4 is 32.8 Å². The van der Waals surface area contributed by atoms with E-state index in [1.165, 1.54) is 11.1 Å². The average Bonchev–Trinajstić information content (AvgIpc) is 3.20. The van der Waals surface area contributed by atoms with Crippen molar-refractivity contribution in [2.45, 2.75) is 26.2 Å². The predicted octanol–water partition coefficient (Wildman–Crippen LogP) is 12.4. The van der Waals surface area contributed by atoms with Crippen LogP contribution in [0, 0.1) is 0 Å². The molecule has 0 amide bonds. The number of para-hydroxylation sites is 2. The molecule has 0 aliphatic carbocycles. The van der Waals surface area contributed by atoms with E-state index in [0.29, 0.717) is 0 Å². The Bertz CT molecular complexity index is 2770. The van der Waals surface area contributed by atoms with Gasteiger partial charge in [-0.1, -0.05) is 142 Å². The van der Waals surface area contributed by atoms with Crippen molar-refractivity contribution in [3.8, 4) is 55.9 Å². The van der Waals surface area contributed by atoms with Gasteiger partial charge in [-0.05, 0) is 64.2 Å². The second kappa shape index (κ2) is 12.7. The minimum absolute atomic E-state index is 0.110. The lowest BCUT2D eigenvalue weighted by Crippen LogP contribution is -2.14. The Labute approximate surface area is 303 Å². The summed E-state index contributed by atoms with van der Waals surface area (Å²) in [5.41, 5.74) is 15.1. The minimum atomic E-state index is -0.110. The number of rotatable bonds is 5. The molecule has 0 aliphatic heterocycles. The number of aromatic nitrogens is 4. The summed E-state index contributed by atoms with van der Waals surface area (Å²) in [6.07, 6.45) is 1.99. The number of hydrogen-bond donors (Lipinski definition) is 0. The zero-order valence-electron chi connectivity index (χ0n) is 29.4. The Balaban J connectivity index is 1.12. The molecule has 9 rings (SSSR count). The summed E-state index contributed by atoms with van der Waals surface area (Å²) >= 11 is 0. The maximum absolute atomic E-state index is 5.22. The van der Waals surface area contributed by atoms with Crippen LogP contribution in [0.3, 0.4) is 0 Å². The largest absolute Gasteiger partial charge is 0.253 e. The molecule has 248 valence electrons. The lowest BCUT2D eigenvalue weighted by Gasteiger charge is -2.21. The zero-order chi connectivity index (χ0) is 35.2. The topological polar surface area (TPSA) is 51.6 Å². The standard InChI is InChI=1S/C48H36N4/c1-48(2,3)43-29-40(31-14-6-4-7-15-31)39-25-24-37-28-38(30-49-44(37)47(39)52-43)35-20-12-18-33(26-35)34-19-13-21-36(27-34)46-45(32-16-8-5-9-17-32)50-41-22-10-11-23-42(41)51-46/h4-30H,1-3H3. The van der Waals surface area contributed by atoms with Crippen LogP contribution in [-0.4, -0.2) is 19.9 Å². The summed E-state index contributed by atoms with van der Waals surface area (Å²) in [5.74, 6) is 0. The summed E-state index contributed by atoms with van der Waals surface area (Å²) in [6.45, 7) is 6.64. The van der Waals surface area contributed by atoms with Gasteiger partial charge in [0.05, 0.1) is 33.5 Å². The van der Waals surface area contributed by atoms with Crippen molar-refractivity contribution in [3.05, 3.63) is 170 Å². The van der Waals surface area contributed by atoms with E-state index >= 15 is 0 Å². The number of nitrogens with zero attached hydrogens (tertiary/aromatic N) is 4. The monoisotopic (exact) mass is 668 g/mol. The average molecular weight is 669 g/mol. The smallest absolute Gasteiger partial charge is 0.0974 e. The second-order valence-corrected chi connectivity index (χ2v) is 14.4. The number of fused-ring (bicyclic) bond motifs is 4. The van der Waals surface area contributed by atoms with Crippen molar-refractivity contribution in [1.29, 1.82) is 0 Å². The van der Waals surface area contributed by atoms with Gasteiger partial charge in [-0.2, -0.15) is 0 Å². The van der Waals surface area contributed by atoms with Crippen LogP contribution in [-0.2, 0) is 5.41 Å². The quantitative estimate of drug-likeness (QED) is 0.171. The van der Waals surface area contributed by atoms with Crippen LogP contribution in [0.15, 0.2) is 164 Å². The Kier molecular flexibility index (Phi) is 7.66. The first-order valence-corrected chi connectivity index (χ1v) is 17.7. The Hall–Kier alpha value is -6.52. The van der Waals surface area contributed by atoms with E-state index in [4.69, 9.17) is 19.9 Å². The van der Waals surface area contributed by atoms with E-state index in [2.05, 4.69) is 136 Å². The Morgan fingerprint density at radius 3 is 1.60 bits per heavy atom. The molecule has 3 heterocycles. The van der Waals surface area contributed by atoms with E-state index in [1.807, 2.05) is 48.7 Å². The van der Waals surface area contributed by atoms with Crippen LogP contribution in [0.4, 0.5) is 0 Å². The van der Waals surface area contributed by atoms with Gasteiger partial charge in [-0.25, -0.2) is 15.0 Å². The fourth-order valence-electron chi connectivity index (χ4n) is 7.01. The van der Waals surface area contributed by atoms with Crippen molar-refractivity contribution < 1.29 is 0 Å². The first-order valence-electron chi connectivity index (χ1n) is 17.7. The highest BCUT2D eigenvalue weighted by atomic mass is 14.8. The second-order valence-electron chi connectivity index (χ2n) is 14.4. The minimum Gasteiger partial charge on any atom is -0.253 e. The van der Waals surface area contributed by atoms with Crippen LogP contribution in [0.25, 0.3) is 88.7 Å². The Morgan fingerprint density at radius 2 is 0.942 bits per heavy atom. The molecule has 0 N–H and O–H groups in total. The van der Waals surface area contributed by atoms with Gasteiger partial charge in [0.1, 0.15) is 0 Å².